The van der Waals surface area contributed by atoms with E-state index < -0.39 is 0 Å². The molecular formula is C25H23N3O2S. The molecule has 6 heteroatoms. The molecule has 31 heavy (non-hydrogen) atoms. The number of carbonyl (C=O) groups is 1. The molecule has 5 nitrogen and oxygen atoms in total. The average molecular weight is 430 g/mol. The Morgan fingerprint density at radius 2 is 1.77 bits per heavy atom. The van der Waals surface area contributed by atoms with Gasteiger partial charge in [0.15, 0.2) is 0 Å². The van der Waals surface area contributed by atoms with Crippen LogP contribution in [0.4, 0.5) is 5.69 Å². The lowest BCUT2D eigenvalue weighted by atomic mass is 9.98. The summed E-state index contributed by atoms with van der Waals surface area (Å²) in [6.45, 7) is 2.06. The van der Waals surface area contributed by atoms with Crippen molar-refractivity contribution in [3.63, 3.8) is 0 Å². The van der Waals surface area contributed by atoms with Gasteiger partial charge < -0.3 is 15.8 Å². The summed E-state index contributed by atoms with van der Waals surface area (Å²) < 4.78 is 5.28. The highest BCUT2D eigenvalue weighted by Gasteiger charge is 2.27. The molecule has 4 aromatic rings. The molecule has 0 aliphatic heterocycles. The number of fused-ring (bicyclic) bond motifs is 1. The Balaban J connectivity index is 1.70. The Hall–Kier alpha value is -3.38. The molecule has 0 atom stereocenters. The van der Waals surface area contributed by atoms with Crippen molar-refractivity contribution in [2.24, 2.45) is 0 Å². The number of nitrogens with two attached hydrogens (primary N) is 1. The number of carbonyl (C=O) groups excluding carboxylic acids is 1. The Morgan fingerprint density at radius 3 is 2.42 bits per heavy atom. The van der Waals surface area contributed by atoms with Crippen LogP contribution >= 0.6 is 11.3 Å². The third kappa shape index (κ3) is 3.75. The van der Waals surface area contributed by atoms with Gasteiger partial charge in [-0.3, -0.25) is 4.79 Å². The molecule has 0 spiro atoms. The number of benzene rings is 2. The summed E-state index contributed by atoms with van der Waals surface area (Å²) >= 11 is 1.36. The third-order valence-electron chi connectivity index (χ3n) is 5.57. The maximum absolute atomic E-state index is 12.8. The van der Waals surface area contributed by atoms with Gasteiger partial charge in [0.05, 0.1) is 18.5 Å². The van der Waals surface area contributed by atoms with Crippen molar-refractivity contribution in [3.8, 4) is 28.1 Å². The van der Waals surface area contributed by atoms with Gasteiger partial charge in [0, 0.05) is 17.0 Å². The molecule has 5 rings (SSSR count). The van der Waals surface area contributed by atoms with Crippen LogP contribution in [0, 0.1) is 6.92 Å². The van der Waals surface area contributed by atoms with Gasteiger partial charge >= 0.3 is 0 Å². The SMILES string of the molecule is COc1ccc(-c2cc(-c3ccc(C)cc3)c3c(N)c(C(=O)NC4CC4)sc3n2)cc1. The summed E-state index contributed by atoms with van der Waals surface area (Å²) in [4.78, 5) is 19.0. The van der Waals surface area contributed by atoms with Gasteiger partial charge in [0.2, 0.25) is 0 Å². The molecule has 0 bridgehead atoms. The number of ether oxygens (including phenoxy) is 1. The van der Waals surface area contributed by atoms with Gasteiger partial charge in [-0.1, -0.05) is 29.8 Å². The quantitative estimate of drug-likeness (QED) is 0.444. The molecule has 2 aromatic carbocycles. The minimum absolute atomic E-state index is 0.108. The first kappa shape index (κ1) is 19.6. The fourth-order valence-corrected chi connectivity index (χ4v) is 4.66. The van der Waals surface area contributed by atoms with E-state index in [9.17, 15) is 4.79 Å². The standard InChI is InChI=1S/C25H23N3O2S/c1-14-3-5-15(6-4-14)19-13-20(16-7-11-18(30-2)12-8-16)28-25-21(19)22(26)23(31-25)24(29)27-17-9-10-17/h3-8,11-13,17H,9-10,26H2,1-2H3,(H,27,29). The van der Waals surface area contributed by atoms with Crippen LogP contribution < -0.4 is 15.8 Å². The first-order chi connectivity index (χ1) is 15.0. The van der Waals surface area contributed by atoms with Crippen LogP contribution in [0.3, 0.4) is 0 Å². The van der Waals surface area contributed by atoms with Crippen LogP contribution in [0.1, 0.15) is 28.1 Å². The van der Waals surface area contributed by atoms with E-state index in [1.54, 1.807) is 7.11 Å². The minimum Gasteiger partial charge on any atom is -0.497 e. The fourth-order valence-electron chi connectivity index (χ4n) is 3.64. The minimum atomic E-state index is -0.108. The van der Waals surface area contributed by atoms with Gasteiger partial charge in [0.25, 0.3) is 5.91 Å². The molecule has 0 radical (unpaired) electrons. The molecule has 1 aliphatic carbocycles. The van der Waals surface area contributed by atoms with Crippen molar-refractivity contribution >= 4 is 33.1 Å². The first-order valence-corrected chi connectivity index (χ1v) is 11.1. The average Bonchev–Trinajstić information content (AvgIpc) is 3.54. The van der Waals surface area contributed by atoms with Crippen molar-refractivity contribution in [3.05, 3.63) is 65.0 Å². The van der Waals surface area contributed by atoms with Crippen LogP contribution in [0.15, 0.2) is 54.6 Å². The number of aryl methyl sites for hydroxylation is 1. The van der Waals surface area contributed by atoms with E-state index in [-0.39, 0.29) is 11.9 Å². The molecule has 1 saturated carbocycles. The van der Waals surface area contributed by atoms with E-state index in [0.717, 1.165) is 51.2 Å². The number of thiophene rings is 1. The van der Waals surface area contributed by atoms with Crippen LogP contribution in [-0.2, 0) is 0 Å². The molecule has 1 aliphatic rings. The topological polar surface area (TPSA) is 77.2 Å². The molecule has 1 fully saturated rings. The summed E-state index contributed by atoms with van der Waals surface area (Å²) in [6.07, 6.45) is 2.07. The number of rotatable bonds is 5. The van der Waals surface area contributed by atoms with E-state index in [0.29, 0.717) is 10.6 Å². The first-order valence-electron chi connectivity index (χ1n) is 10.3. The van der Waals surface area contributed by atoms with Gasteiger partial charge in [-0.15, -0.1) is 11.3 Å². The lowest BCUT2D eigenvalue weighted by Gasteiger charge is -2.10. The maximum atomic E-state index is 12.8. The Morgan fingerprint density at radius 1 is 1.10 bits per heavy atom. The molecule has 1 amide bonds. The van der Waals surface area contributed by atoms with Crippen LogP contribution in [-0.4, -0.2) is 24.0 Å². The summed E-state index contributed by atoms with van der Waals surface area (Å²) in [7, 11) is 1.65. The molecule has 2 aromatic heterocycles. The second kappa shape index (κ2) is 7.71. The third-order valence-corrected chi connectivity index (χ3v) is 6.66. The Bertz CT molecular complexity index is 1270. The lowest BCUT2D eigenvalue weighted by Crippen LogP contribution is -2.25. The van der Waals surface area contributed by atoms with Gasteiger partial charge in [0.1, 0.15) is 15.5 Å². The number of hydrogen-bond donors (Lipinski definition) is 2. The van der Waals surface area contributed by atoms with E-state index >= 15 is 0 Å². The fraction of sp³-hybridized carbons (Fsp3) is 0.200. The molecular weight excluding hydrogens is 406 g/mol. The molecule has 3 N–H and O–H groups in total. The second-order valence-corrected chi connectivity index (χ2v) is 8.92. The van der Waals surface area contributed by atoms with E-state index in [1.165, 1.54) is 16.9 Å². The number of methoxy groups -OCH3 is 1. The number of anilines is 1. The number of nitrogens with one attached hydrogen (secondary N) is 1. The van der Waals surface area contributed by atoms with Crippen molar-refractivity contribution in [2.75, 3.05) is 12.8 Å². The largest absolute Gasteiger partial charge is 0.497 e. The van der Waals surface area contributed by atoms with Crippen molar-refractivity contribution in [1.82, 2.24) is 10.3 Å². The number of amides is 1. The normalized spacial score (nSPS) is 13.4. The highest BCUT2D eigenvalue weighted by atomic mass is 32.1. The predicted molar refractivity (Wildman–Crippen MR) is 127 cm³/mol. The van der Waals surface area contributed by atoms with Crippen molar-refractivity contribution in [2.45, 2.75) is 25.8 Å². The number of hydrogen-bond acceptors (Lipinski definition) is 5. The predicted octanol–water partition coefficient (Wildman–Crippen LogP) is 5.42. The monoisotopic (exact) mass is 429 g/mol. The molecule has 0 unspecified atom stereocenters. The highest BCUT2D eigenvalue weighted by Crippen LogP contribution is 2.41. The number of nitrogen functional groups attached to an aromatic ring is 1. The summed E-state index contributed by atoms with van der Waals surface area (Å²) in [6, 6.07) is 18.5. The number of pyridine rings is 1. The zero-order valence-electron chi connectivity index (χ0n) is 17.4. The number of aromatic nitrogens is 1. The molecule has 2 heterocycles. The van der Waals surface area contributed by atoms with Gasteiger partial charge in [-0.25, -0.2) is 4.98 Å². The van der Waals surface area contributed by atoms with Crippen LogP contribution in [0.2, 0.25) is 0 Å². The summed E-state index contributed by atoms with van der Waals surface area (Å²) in [5, 5.41) is 3.89. The van der Waals surface area contributed by atoms with Crippen molar-refractivity contribution in [1.29, 1.82) is 0 Å². The van der Waals surface area contributed by atoms with Gasteiger partial charge in [-0.05, 0) is 61.2 Å². The Labute approximate surface area is 184 Å². The zero-order valence-corrected chi connectivity index (χ0v) is 18.3. The molecule has 0 saturated heterocycles. The van der Waals surface area contributed by atoms with Crippen LogP contribution in [0.25, 0.3) is 32.6 Å². The van der Waals surface area contributed by atoms with E-state index in [2.05, 4.69) is 42.6 Å². The second-order valence-electron chi connectivity index (χ2n) is 7.92. The number of nitrogens with zero attached hydrogens (tertiary/aromatic N) is 1. The zero-order chi connectivity index (χ0) is 21.5. The van der Waals surface area contributed by atoms with Crippen LogP contribution in [0.5, 0.6) is 5.75 Å². The maximum Gasteiger partial charge on any atom is 0.263 e. The Kier molecular flexibility index (Phi) is 4.87. The van der Waals surface area contributed by atoms with Crippen molar-refractivity contribution < 1.29 is 9.53 Å². The summed E-state index contributed by atoms with van der Waals surface area (Å²) in [5.41, 5.74) is 12.1. The lowest BCUT2D eigenvalue weighted by molar-refractivity contribution is 0.0956. The smallest absolute Gasteiger partial charge is 0.263 e. The van der Waals surface area contributed by atoms with E-state index in [1.807, 2.05) is 24.3 Å². The highest BCUT2D eigenvalue weighted by molar-refractivity contribution is 7.21. The summed E-state index contributed by atoms with van der Waals surface area (Å²) in [5.74, 6) is 0.687. The van der Waals surface area contributed by atoms with Gasteiger partial charge in [-0.2, -0.15) is 0 Å². The molecule has 156 valence electrons. The van der Waals surface area contributed by atoms with E-state index in [4.69, 9.17) is 15.5 Å².